The number of halogens is 2. The Kier molecular flexibility index (Phi) is 3.66. The molecule has 108 valence electrons. The monoisotopic (exact) mass is 305 g/mol. The first-order chi connectivity index (χ1) is 10.1. The van der Waals surface area contributed by atoms with Crippen LogP contribution in [0.5, 0.6) is 0 Å². The molecule has 1 aliphatic rings. The molecule has 0 spiro atoms. The van der Waals surface area contributed by atoms with Gasteiger partial charge in [0.25, 0.3) is 5.91 Å². The van der Waals surface area contributed by atoms with E-state index >= 15 is 0 Å². The zero-order valence-corrected chi connectivity index (χ0v) is 11.8. The average Bonchev–Trinajstić information content (AvgIpc) is 2.78. The molecule has 0 heterocycles. The predicted octanol–water partition coefficient (Wildman–Crippen LogP) is 2.87. The molecule has 0 saturated heterocycles. The van der Waals surface area contributed by atoms with Gasteiger partial charge in [0.05, 0.1) is 22.7 Å². The third kappa shape index (κ3) is 2.52. The van der Waals surface area contributed by atoms with Crippen molar-refractivity contribution in [3.8, 4) is 0 Å². The molecule has 21 heavy (non-hydrogen) atoms. The fourth-order valence-corrected chi connectivity index (χ4v) is 2.86. The zero-order chi connectivity index (χ0) is 15.0. The third-order valence-electron chi connectivity index (χ3n) is 3.69. The van der Waals surface area contributed by atoms with Gasteiger partial charge in [0.1, 0.15) is 5.82 Å². The Morgan fingerprint density at radius 1 is 1.24 bits per heavy atom. The van der Waals surface area contributed by atoms with Gasteiger partial charge in [-0.1, -0.05) is 41.9 Å². The first kappa shape index (κ1) is 14.0. The molecule has 0 unspecified atom stereocenters. The van der Waals surface area contributed by atoms with Crippen molar-refractivity contribution in [3.63, 3.8) is 0 Å². The van der Waals surface area contributed by atoms with E-state index in [9.17, 15) is 14.3 Å². The Hall–Kier alpha value is -1.91. The maximum absolute atomic E-state index is 13.4. The van der Waals surface area contributed by atoms with Crippen LogP contribution in [0.25, 0.3) is 0 Å². The summed E-state index contributed by atoms with van der Waals surface area (Å²) in [6.07, 6.45) is -0.212. The molecule has 0 aliphatic heterocycles. The highest BCUT2D eigenvalue weighted by molar-refractivity contribution is 6.34. The number of aliphatic hydroxyl groups excluding tert-OH is 1. The summed E-state index contributed by atoms with van der Waals surface area (Å²) in [5.74, 6) is -1.14. The minimum Gasteiger partial charge on any atom is -0.390 e. The number of carbonyl (C=O) groups is 1. The number of carbonyl (C=O) groups excluding carboxylic acids is 1. The van der Waals surface area contributed by atoms with Crippen molar-refractivity contribution in [1.82, 2.24) is 5.32 Å². The van der Waals surface area contributed by atoms with Gasteiger partial charge >= 0.3 is 0 Å². The fraction of sp³-hybridized carbons (Fsp3) is 0.188. The lowest BCUT2D eigenvalue weighted by atomic mass is 10.1. The number of amides is 1. The van der Waals surface area contributed by atoms with Crippen molar-refractivity contribution in [2.45, 2.75) is 18.6 Å². The molecule has 2 N–H and O–H groups in total. The minimum atomic E-state index is -0.696. The second-order valence-corrected chi connectivity index (χ2v) is 5.40. The van der Waals surface area contributed by atoms with Gasteiger partial charge in [-0.25, -0.2) is 4.39 Å². The van der Waals surface area contributed by atoms with Gasteiger partial charge in [0, 0.05) is 6.42 Å². The number of hydrogen-bond acceptors (Lipinski definition) is 2. The Balaban J connectivity index is 1.87. The molecule has 0 saturated carbocycles. The van der Waals surface area contributed by atoms with Crippen LogP contribution in [-0.4, -0.2) is 17.1 Å². The molecule has 1 amide bonds. The molecule has 5 heteroatoms. The van der Waals surface area contributed by atoms with Crippen molar-refractivity contribution in [2.24, 2.45) is 0 Å². The summed E-state index contributed by atoms with van der Waals surface area (Å²) in [4.78, 5) is 12.3. The molecule has 0 bridgehead atoms. The number of nitrogens with one attached hydrogen (secondary N) is 1. The van der Waals surface area contributed by atoms with Crippen LogP contribution in [0.3, 0.4) is 0 Å². The molecule has 2 atom stereocenters. The molecule has 3 rings (SSSR count). The van der Waals surface area contributed by atoms with E-state index in [1.807, 2.05) is 24.3 Å². The van der Waals surface area contributed by atoms with Crippen molar-refractivity contribution < 1.29 is 14.3 Å². The number of hydrogen-bond donors (Lipinski definition) is 2. The Labute approximate surface area is 126 Å². The third-order valence-corrected chi connectivity index (χ3v) is 4.07. The van der Waals surface area contributed by atoms with Gasteiger partial charge in [0.2, 0.25) is 0 Å². The van der Waals surface area contributed by atoms with E-state index in [1.165, 1.54) is 18.2 Å². The summed E-state index contributed by atoms with van der Waals surface area (Å²) in [5, 5.41) is 12.6. The Morgan fingerprint density at radius 3 is 2.81 bits per heavy atom. The lowest BCUT2D eigenvalue weighted by Gasteiger charge is -2.18. The molecule has 1 aliphatic carbocycles. The van der Waals surface area contributed by atoms with Gasteiger partial charge in [-0.15, -0.1) is 0 Å². The largest absolute Gasteiger partial charge is 0.390 e. The predicted molar refractivity (Wildman–Crippen MR) is 77.8 cm³/mol. The molecule has 2 aromatic rings. The molecule has 3 nitrogen and oxygen atoms in total. The van der Waals surface area contributed by atoms with Crippen LogP contribution >= 0.6 is 11.6 Å². The van der Waals surface area contributed by atoms with Crippen LogP contribution < -0.4 is 5.32 Å². The lowest BCUT2D eigenvalue weighted by Crippen LogP contribution is -2.34. The zero-order valence-electron chi connectivity index (χ0n) is 11.0. The summed E-state index contributed by atoms with van der Waals surface area (Å²) in [7, 11) is 0. The molecule has 0 fully saturated rings. The minimum absolute atomic E-state index is 0.0632. The highest BCUT2D eigenvalue weighted by atomic mass is 35.5. The van der Waals surface area contributed by atoms with Crippen LogP contribution in [0, 0.1) is 5.82 Å². The van der Waals surface area contributed by atoms with Gasteiger partial charge in [0.15, 0.2) is 0 Å². The summed E-state index contributed by atoms with van der Waals surface area (Å²) < 4.78 is 13.4. The van der Waals surface area contributed by atoms with Crippen LogP contribution in [0.4, 0.5) is 4.39 Å². The van der Waals surface area contributed by atoms with Crippen molar-refractivity contribution in [1.29, 1.82) is 0 Å². The first-order valence-electron chi connectivity index (χ1n) is 6.58. The summed E-state index contributed by atoms with van der Waals surface area (Å²) >= 11 is 5.81. The summed E-state index contributed by atoms with van der Waals surface area (Å²) in [6.45, 7) is 0. The number of fused-ring (bicyclic) bond motifs is 1. The van der Waals surface area contributed by atoms with Gasteiger partial charge < -0.3 is 10.4 Å². The molecule has 0 radical (unpaired) electrons. The molecular formula is C16H13ClFNO2. The van der Waals surface area contributed by atoms with Crippen LogP contribution in [0.15, 0.2) is 42.5 Å². The summed E-state index contributed by atoms with van der Waals surface area (Å²) in [5.41, 5.74) is 1.94. The standard InChI is InChI=1S/C16H13ClFNO2/c17-14-11(6-3-7-12(14)18)16(21)19-15-10-5-2-1-4-9(10)8-13(15)20/h1-7,13,15,20H,8H2,(H,19,21)/t13-,15+/m0/s1. The summed E-state index contributed by atoms with van der Waals surface area (Å²) in [6, 6.07) is 11.1. The maximum atomic E-state index is 13.4. The molecular weight excluding hydrogens is 293 g/mol. The van der Waals surface area contributed by atoms with Crippen molar-refractivity contribution in [3.05, 3.63) is 70.0 Å². The van der Waals surface area contributed by atoms with Crippen LogP contribution in [0.2, 0.25) is 5.02 Å². The van der Waals surface area contributed by atoms with Crippen LogP contribution in [0.1, 0.15) is 27.5 Å². The number of aliphatic hydroxyl groups is 1. The normalized spacial score (nSPS) is 20.1. The van der Waals surface area contributed by atoms with E-state index in [2.05, 4.69) is 5.32 Å². The maximum Gasteiger partial charge on any atom is 0.253 e. The quantitative estimate of drug-likeness (QED) is 0.896. The molecule has 2 aromatic carbocycles. The van der Waals surface area contributed by atoms with Gasteiger partial charge in [-0.2, -0.15) is 0 Å². The van der Waals surface area contributed by atoms with Gasteiger partial charge in [-0.05, 0) is 23.3 Å². The average molecular weight is 306 g/mol. The smallest absolute Gasteiger partial charge is 0.253 e. The number of rotatable bonds is 2. The lowest BCUT2D eigenvalue weighted by molar-refractivity contribution is 0.0858. The SMILES string of the molecule is O=C(N[C@@H]1c2ccccc2C[C@@H]1O)c1cccc(F)c1Cl. The van der Waals surface area contributed by atoms with Crippen molar-refractivity contribution >= 4 is 17.5 Å². The molecule has 0 aromatic heterocycles. The topological polar surface area (TPSA) is 49.3 Å². The Morgan fingerprint density at radius 2 is 2.00 bits per heavy atom. The van der Waals surface area contributed by atoms with E-state index in [-0.39, 0.29) is 10.6 Å². The first-order valence-corrected chi connectivity index (χ1v) is 6.96. The van der Waals surface area contributed by atoms with E-state index < -0.39 is 23.9 Å². The van der Waals surface area contributed by atoms with E-state index in [4.69, 9.17) is 11.6 Å². The van der Waals surface area contributed by atoms with Crippen LogP contribution in [-0.2, 0) is 6.42 Å². The highest BCUT2D eigenvalue weighted by Gasteiger charge is 2.32. The highest BCUT2D eigenvalue weighted by Crippen LogP contribution is 2.32. The Bertz CT molecular complexity index is 704. The van der Waals surface area contributed by atoms with E-state index in [1.54, 1.807) is 0 Å². The van der Waals surface area contributed by atoms with Gasteiger partial charge in [-0.3, -0.25) is 4.79 Å². The van der Waals surface area contributed by atoms with Crippen molar-refractivity contribution in [2.75, 3.05) is 0 Å². The number of benzene rings is 2. The fourth-order valence-electron chi connectivity index (χ4n) is 2.65. The second-order valence-electron chi connectivity index (χ2n) is 5.02. The van der Waals surface area contributed by atoms with E-state index in [0.29, 0.717) is 6.42 Å². The van der Waals surface area contributed by atoms with E-state index in [0.717, 1.165) is 11.1 Å². The second kappa shape index (κ2) is 5.47.